The van der Waals surface area contributed by atoms with Crippen molar-refractivity contribution in [2.45, 2.75) is 12.7 Å². The smallest absolute Gasteiger partial charge is 0.318 e. The topological polar surface area (TPSA) is 74.7 Å². The van der Waals surface area contributed by atoms with E-state index in [0.29, 0.717) is 5.56 Å². The van der Waals surface area contributed by atoms with Gasteiger partial charge in [0.2, 0.25) is 10.0 Å². The zero-order chi connectivity index (χ0) is 13.1. The molecule has 0 bridgehead atoms. The normalized spacial score (nSPS) is 11.7. The molecular formula is C11H15NO4S. The second kappa shape index (κ2) is 5.29. The van der Waals surface area contributed by atoms with Gasteiger partial charge in [-0.2, -0.15) is 4.31 Å². The van der Waals surface area contributed by atoms with Gasteiger partial charge >= 0.3 is 5.97 Å². The number of carbonyl (C=O) groups is 1. The van der Waals surface area contributed by atoms with Crippen LogP contribution in [-0.2, 0) is 20.6 Å². The largest absolute Gasteiger partial charge is 0.480 e. The number of carboxylic acid groups (broad SMARTS) is 1. The first kappa shape index (κ1) is 13.7. The van der Waals surface area contributed by atoms with Crippen LogP contribution in [0.5, 0.6) is 0 Å². The number of aliphatic carboxylic acids is 1. The molecule has 0 fully saturated rings. The molecule has 0 aliphatic heterocycles. The highest BCUT2D eigenvalue weighted by atomic mass is 32.2. The van der Waals surface area contributed by atoms with Gasteiger partial charge in [0, 0.05) is 7.05 Å². The maximum absolute atomic E-state index is 11.8. The number of nitrogens with zero attached hydrogens (tertiary/aromatic N) is 1. The first-order chi connectivity index (χ1) is 7.81. The monoisotopic (exact) mass is 257 g/mol. The Morgan fingerprint density at radius 3 is 2.29 bits per heavy atom. The van der Waals surface area contributed by atoms with Crippen LogP contribution in [0, 0.1) is 6.92 Å². The Balaban J connectivity index is 2.79. The molecule has 0 unspecified atom stereocenters. The lowest BCUT2D eigenvalue weighted by Crippen LogP contribution is -2.32. The van der Waals surface area contributed by atoms with Crippen LogP contribution in [0.2, 0.25) is 0 Å². The van der Waals surface area contributed by atoms with Gasteiger partial charge in [0.15, 0.2) is 0 Å². The molecule has 0 aromatic heterocycles. The van der Waals surface area contributed by atoms with Crippen molar-refractivity contribution in [1.82, 2.24) is 4.31 Å². The molecular weight excluding hydrogens is 242 g/mol. The van der Waals surface area contributed by atoms with Gasteiger partial charge in [-0.3, -0.25) is 4.79 Å². The molecule has 1 rings (SSSR count). The van der Waals surface area contributed by atoms with Gasteiger partial charge in [0.05, 0.1) is 5.75 Å². The summed E-state index contributed by atoms with van der Waals surface area (Å²) in [4.78, 5) is 10.4. The van der Waals surface area contributed by atoms with Crippen molar-refractivity contribution >= 4 is 16.0 Å². The van der Waals surface area contributed by atoms with Crippen LogP contribution in [0.15, 0.2) is 24.3 Å². The van der Waals surface area contributed by atoms with E-state index in [-0.39, 0.29) is 5.75 Å². The molecule has 1 aromatic rings. The molecule has 0 radical (unpaired) electrons. The van der Waals surface area contributed by atoms with Crippen LogP contribution in [0.4, 0.5) is 0 Å². The number of carboxylic acids is 1. The third kappa shape index (κ3) is 4.16. The van der Waals surface area contributed by atoms with Crippen molar-refractivity contribution in [3.63, 3.8) is 0 Å². The Labute approximate surface area is 101 Å². The predicted octanol–water partition coefficient (Wildman–Crippen LogP) is 0.841. The fourth-order valence-corrected chi connectivity index (χ4v) is 2.44. The molecule has 0 atom stereocenters. The molecule has 0 saturated heterocycles. The van der Waals surface area contributed by atoms with Crippen molar-refractivity contribution in [2.24, 2.45) is 0 Å². The fourth-order valence-electron chi connectivity index (χ4n) is 1.29. The van der Waals surface area contributed by atoms with E-state index in [4.69, 9.17) is 5.11 Å². The Hall–Kier alpha value is -1.40. The molecule has 6 heteroatoms. The van der Waals surface area contributed by atoms with Crippen LogP contribution in [0.3, 0.4) is 0 Å². The first-order valence-electron chi connectivity index (χ1n) is 5.02. The predicted molar refractivity (Wildman–Crippen MR) is 64.1 cm³/mol. The summed E-state index contributed by atoms with van der Waals surface area (Å²) in [7, 11) is -2.31. The van der Waals surface area contributed by atoms with Crippen molar-refractivity contribution in [2.75, 3.05) is 13.6 Å². The number of hydrogen-bond donors (Lipinski definition) is 1. The number of hydrogen-bond acceptors (Lipinski definition) is 3. The Bertz CT molecular complexity index is 493. The molecule has 17 heavy (non-hydrogen) atoms. The van der Waals surface area contributed by atoms with E-state index in [1.165, 1.54) is 7.05 Å². The molecule has 0 saturated carbocycles. The number of benzene rings is 1. The maximum Gasteiger partial charge on any atom is 0.318 e. The number of rotatable bonds is 5. The van der Waals surface area contributed by atoms with Crippen LogP contribution in [0.1, 0.15) is 11.1 Å². The van der Waals surface area contributed by atoms with Crippen molar-refractivity contribution in [3.8, 4) is 0 Å². The summed E-state index contributed by atoms with van der Waals surface area (Å²) in [5.74, 6) is -1.35. The Morgan fingerprint density at radius 2 is 1.82 bits per heavy atom. The highest BCUT2D eigenvalue weighted by Gasteiger charge is 2.20. The minimum atomic E-state index is -3.57. The third-order valence-corrected chi connectivity index (χ3v) is 4.08. The molecule has 5 nitrogen and oxygen atoms in total. The zero-order valence-corrected chi connectivity index (χ0v) is 10.6. The number of likely N-dealkylation sites (N-methyl/N-ethyl adjacent to an activating group) is 1. The molecule has 0 aliphatic carbocycles. The van der Waals surface area contributed by atoms with Gasteiger partial charge in [0.1, 0.15) is 6.54 Å². The van der Waals surface area contributed by atoms with Crippen LogP contribution >= 0.6 is 0 Å². The standard InChI is InChI=1S/C11H15NO4S/c1-9-3-5-10(6-4-9)8-17(15,16)12(2)7-11(13)14/h3-6H,7-8H2,1-2H3,(H,13,14). The van der Waals surface area contributed by atoms with Crippen molar-refractivity contribution in [3.05, 3.63) is 35.4 Å². The molecule has 94 valence electrons. The quantitative estimate of drug-likeness (QED) is 0.848. The van der Waals surface area contributed by atoms with Gasteiger partial charge < -0.3 is 5.11 Å². The average Bonchev–Trinajstić information content (AvgIpc) is 2.20. The summed E-state index contributed by atoms with van der Waals surface area (Å²) in [6.45, 7) is 1.39. The summed E-state index contributed by atoms with van der Waals surface area (Å²) in [6.07, 6.45) is 0. The van der Waals surface area contributed by atoms with Crippen LogP contribution in [-0.4, -0.2) is 37.4 Å². The molecule has 1 aromatic carbocycles. The summed E-state index contributed by atoms with van der Waals surface area (Å²) < 4.78 is 24.4. The third-order valence-electron chi connectivity index (χ3n) is 2.30. The summed E-state index contributed by atoms with van der Waals surface area (Å²) in [6, 6.07) is 7.09. The number of sulfonamides is 1. The van der Waals surface area contributed by atoms with E-state index >= 15 is 0 Å². The summed E-state index contributed by atoms with van der Waals surface area (Å²) >= 11 is 0. The van der Waals surface area contributed by atoms with Crippen LogP contribution < -0.4 is 0 Å². The van der Waals surface area contributed by atoms with Crippen molar-refractivity contribution < 1.29 is 18.3 Å². The lowest BCUT2D eigenvalue weighted by molar-refractivity contribution is -0.137. The van der Waals surface area contributed by atoms with Gasteiger partial charge in [-0.1, -0.05) is 29.8 Å². The minimum absolute atomic E-state index is 0.183. The lowest BCUT2D eigenvalue weighted by Gasteiger charge is -2.14. The average molecular weight is 257 g/mol. The highest BCUT2D eigenvalue weighted by molar-refractivity contribution is 7.88. The fraction of sp³-hybridized carbons (Fsp3) is 0.364. The first-order valence-corrected chi connectivity index (χ1v) is 6.63. The molecule has 0 amide bonds. The zero-order valence-electron chi connectivity index (χ0n) is 9.75. The second-order valence-corrected chi connectivity index (χ2v) is 5.97. The van der Waals surface area contributed by atoms with E-state index < -0.39 is 22.5 Å². The van der Waals surface area contributed by atoms with E-state index in [1.807, 2.05) is 19.1 Å². The molecule has 0 aliphatic rings. The van der Waals surface area contributed by atoms with E-state index in [9.17, 15) is 13.2 Å². The van der Waals surface area contributed by atoms with Crippen LogP contribution in [0.25, 0.3) is 0 Å². The lowest BCUT2D eigenvalue weighted by atomic mass is 10.2. The molecule has 1 N–H and O–H groups in total. The highest BCUT2D eigenvalue weighted by Crippen LogP contribution is 2.10. The second-order valence-electron chi connectivity index (χ2n) is 3.89. The minimum Gasteiger partial charge on any atom is -0.480 e. The van der Waals surface area contributed by atoms with Gasteiger partial charge in [-0.25, -0.2) is 8.42 Å². The molecule has 0 heterocycles. The summed E-state index contributed by atoms with van der Waals surface area (Å²) in [5.41, 5.74) is 1.69. The maximum atomic E-state index is 11.8. The van der Waals surface area contributed by atoms with Gasteiger partial charge in [-0.15, -0.1) is 0 Å². The van der Waals surface area contributed by atoms with Crippen molar-refractivity contribution in [1.29, 1.82) is 0 Å². The van der Waals surface area contributed by atoms with E-state index in [0.717, 1.165) is 9.87 Å². The number of aryl methyl sites for hydroxylation is 1. The Morgan fingerprint density at radius 1 is 1.29 bits per heavy atom. The van der Waals surface area contributed by atoms with Gasteiger partial charge in [-0.05, 0) is 12.5 Å². The van der Waals surface area contributed by atoms with E-state index in [1.54, 1.807) is 12.1 Å². The SMILES string of the molecule is Cc1ccc(CS(=O)(=O)N(C)CC(=O)O)cc1. The van der Waals surface area contributed by atoms with E-state index in [2.05, 4.69) is 0 Å². The summed E-state index contributed by atoms with van der Waals surface area (Å²) in [5, 5.41) is 8.54. The Kier molecular flexibility index (Phi) is 4.25. The molecule has 0 spiro atoms. The van der Waals surface area contributed by atoms with Gasteiger partial charge in [0.25, 0.3) is 0 Å².